The van der Waals surface area contributed by atoms with Crippen LogP contribution in [0.4, 0.5) is 0 Å². The van der Waals surface area contributed by atoms with E-state index in [1.54, 1.807) is 0 Å². The van der Waals surface area contributed by atoms with Gasteiger partial charge in [0.05, 0.1) is 18.0 Å². The van der Waals surface area contributed by atoms with E-state index < -0.39 is 35.1 Å². The number of carbonyl (C=O) groups is 2. The van der Waals surface area contributed by atoms with Crippen LogP contribution in [0, 0.1) is 12.3 Å². The number of nitrogens with one attached hydrogen (secondary N) is 2. The summed E-state index contributed by atoms with van der Waals surface area (Å²) in [6.07, 6.45) is 4.95. The highest BCUT2D eigenvalue weighted by atomic mass is 32.2. The van der Waals surface area contributed by atoms with Gasteiger partial charge in [0.2, 0.25) is 10.0 Å². The molecule has 24 heavy (non-hydrogen) atoms. The highest BCUT2D eigenvalue weighted by molar-refractivity contribution is 7.89. The molecule has 0 aliphatic rings. The molecule has 0 radical (unpaired) electrons. The first-order valence-electron chi connectivity index (χ1n) is 6.97. The third kappa shape index (κ3) is 6.68. The summed E-state index contributed by atoms with van der Waals surface area (Å²) in [6, 6.07) is 5.72. The summed E-state index contributed by atoms with van der Waals surface area (Å²) in [5.74, 6) is 1.26. The summed E-state index contributed by atoms with van der Waals surface area (Å²) >= 11 is 0. The van der Waals surface area contributed by atoms with E-state index in [0.29, 0.717) is 12.4 Å². The molecule has 0 aliphatic carbocycles. The monoisotopic (exact) mass is 354 g/mol. The summed E-state index contributed by atoms with van der Waals surface area (Å²) in [5.41, 5.74) is 0. The molecule has 0 saturated heterocycles. The summed E-state index contributed by atoms with van der Waals surface area (Å²) in [6.45, 7) is 1.15. The summed E-state index contributed by atoms with van der Waals surface area (Å²) in [4.78, 5) is 22.6. The fourth-order valence-electron chi connectivity index (χ4n) is 1.52. The Hall–Kier alpha value is -2.57. The predicted octanol–water partition coefficient (Wildman–Crippen LogP) is -0.344. The third-order valence-corrected chi connectivity index (χ3v) is 4.02. The van der Waals surface area contributed by atoms with Gasteiger partial charge in [0.15, 0.2) is 6.61 Å². The minimum atomic E-state index is -3.87. The lowest BCUT2D eigenvalue weighted by Crippen LogP contribution is -2.34. The Balaban J connectivity index is 2.48. The average Bonchev–Trinajstić information content (AvgIpc) is 2.57. The van der Waals surface area contributed by atoms with Crippen LogP contribution in [-0.2, 0) is 24.3 Å². The normalized spacial score (nSPS) is 10.5. The number of sulfonamides is 1. The Kier molecular flexibility index (Phi) is 7.74. The number of hydrogen-bond donors (Lipinski definition) is 2. The summed E-state index contributed by atoms with van der Waals surface area (Å²) < 4.78 is 36.0. The molecule has 2 N–H and O–H groups in total. The van der Waals surface area contributed by atoms with Gasteiger partial charge in [-0.05, 0) is 31.2 Å². The SMILES string of the molecule is C#CCNC(=O)COC(=O)CNS(=O)(=O)c1ccc(OCC)cc1. The molecule has 0 aromatic heterocycles. The molecule has 1 aromatic rings. The molecule has 9 heteroatoms. The van der Waals surface area contributed by atoms with E-state index in [2.05, 4.69) is 20.7 Å². The van der Waals surface area contributed by atoms with Gasteiger partial charge in [0.1, 0.15) is 12.3 Å². The Morgan fingerprint density at radius 3 is 2.50 bits per heavy atom. The molecule has 130 valence electrons. The molecule has 0 aliphatic heterocycles. The minimum Gasteiger partial charge on any atom is -0.494 e. The van der Waals surface area contributed by atoms with E-state index in [4.69, 9.17) is 11.2 Å². The largest absolute Gasteiger partial charge is 0.494 e. The zero-order valence-electron chi connectivity index (χ0n) is 13.1. The number of rotatable bonds is 9. The van der Waals surface area contributed by atoms with Crippen molar-refractivity contribution in [2.24, 2.45) is 0 Å². The smallest absolute Gasteiger partial charge is 0.321 e. The molecule has 0 fully saturated rings. The molecule has 0 heterocycles. The first-order valence-corrected chi connectivity index (χ1v) is 8.45. The highest BCUT2D eigenvalue weighted by Crippen LogP contribution is 2.15. The second-order valence-electron chi connectivity index (χ2n) is 4.37. The van der Waals surface area contributed by atoms with Crippen molar-refractivity contribution in [1.29, 1.82) is 0 Å². The van der Waals surface area contributed by atoms with E-state index in [9.17, 15) is 18.0 Å². The van der Waals surface area contributed by atoms with Gasteiger partial charge in [-0.15, -0.1) is 6.42 Å². The van der Waals surface area contributed by atoms with E-state index in [-0.39, 0.29) is 11.4 Å². The number of hydrogen-bond acceptors (Lipinski definition) is 6. The number of esters is 1. The van der Waals surface area contributed by atoms with E-state index in [1.807, 2.05) is 6.92 Å². The Bertz CT molecular complexity index is 706. The van der Waals surface area contributed by atoms with E-state index >= 15 is 0 Å². The lowest BCUT2D eigenvalue weighted by atomic mass is 10.3. The first kappa shape index (κ1) is 19.5. The first-order chi connectivity index (χ1) is 11.4. The zero-order chi connectivity index (χ0) is 18.0. The quantitative estimate of drug-likeness (QED) is 0.463. The maximum absolute atomic E-state index is 12.0. The van der Waals surface area contributed by atoms with Gasteiger partial charge in [0.25, 0.3) is 5.91 Å². The van der Waals surface area contributed by atoms with Crippen molar-refractivity contribution >= 4 is 21.9 Å². The van der Waals surface area contributed by atoms with Gasteiger partial charge < -0.3 is 14.8 Å². The van der Waals surface area contributed by atoms with Crippen LogP contribution in [0.1, 0.15) is 6.92 Å². The molecule has 1 amide bonds. The average molecular weight is 354 g/mol. The number of ether oxygens (including phenoxy) is 2. The van der Waals surface area contributed by atoms with Gasteiger partial charge in [-0.3, -0.25) is 9.59 Å². The molecular formula is C15H18N2O6S. The minimum absolute atomic E-state index is 0.0146. The third-order valence-electron chi connectivity index (χ3n) is 2.60. The van der Waals surface area contributed by atoms with Crippen molar-refractivity contribution < 1.29 is 27.5 Å². The second-order valence-corrected chi connectivity index (χ2v) is 6.14. The van der Waals surface area contributed by atoms with E-state index in [0.717, 1.165) is 0 Å². The van der Waals surface area contributed by atoms with Crippen molar-refractivity contribution in [1.82, 2.24) is 10.0 Å². The van der Waals surface area contributed by atoms with Crippen LogP contribution in [0.5, 0.6) is 5.75 Å². The number of carbonyl (C=O) groups excluding carboxylic acids is 2. The maximum Gasteiger partial charge on any atom is 0.321 e. The molecular weight excluding hydrogens is 336 g/mol. The lowest BCUT2D eigenvalue weighted by molar-refractivity contribution is -0.147. The number of amides is 1. The summed E-state index contributed by atoms with van der Waals surface area (Å²) in [7, 11) is -3.87. The van der Waals surface area contributed by atoms with Gasteiger partial charge in [0, 0.05) is 0 Å². The van der Waals surface area contributed by atoms with Crippen LogP contribution < -0.4 is 14.8 Å². The van der Waals surface area contributed by atoms with E-state index in [1.165, 1.54) is 24.3 Å². The molecule has 0 unspecified atom stereocenters. The Labute approximate surface area is 140 Å². The van der Waals surface area contributed by atoms with Gasteiger partial charge in [-0.25, -0.2) is 8.42 Å². The van der Waals surface area contributed by atoms with Crippen LogP contribution in [0.2, 0.25) is 0 Å². The number of terminal acetylenes is 1. The van der Waals surface area contributed by atoms with Crippen LogP contribution in [-0.4, -0.2) is 46.6 Å². The van der Waals surface area contributed by atoms with Crippen LogP contribution in [0.3, 0.4) is 0 Å². The molecule has 0 spiro atoms. The molecule has 0 saturated carbocycles. The molecule has 0 atom stereocenters. The maximum atomic E-state index is 12.0. The standard InChI is InChI=1S/C15H18N2O6S/c1-3-9-16-14(18)11-23-15(19)10-17-24(20,21)13-7-5-12(6-8-13)22-4-2/h1,5-8,17H,4,9-11H2,2H3,(H,16,18). The van der Waals surface area contributed by atoms with Crippen molar-refractivity contribution in [3.05, 3.63) is 24.3 Å². The predicted molar refractivity (Wildman–Crippen MR) is 85.6 cm³/mol. The number of benzene rings is 1. The van der Waals surface area contributed by atoms with Gasteiger partial charge in [-0.2, -0.15) is 4.72 Å². The fourth-order valence-corrected chi connectivity index (χ4v) is 2.49. The topological polar surface area (TPSA) is 111 Å². The summed E-state index contributed by atoms with van der Waals surface area (Å²) in [5, 5.41) is 2.30. The van der Waals surface area contributed by atoms with Gasteiger partial charge in [-0.1, -0.05) is 5.92 Å². The van der Waals surface area contributed by atoms with Crippen molar-refractivity contribution in [2.75, 3.05) is 26.3 Å². The van der Waals surface area contributed by atoms with Crippen LogP contribution >= 0.6 is 0 Å². The van der Waals surface area contributed by atoms with Crippen molar-refractivity contribution in [2.45, 2.75) is 11.8 Å². The second kappa shape index (κ2) is 9.54. The molecule has 1 aromatic carbocycles. The Morgan fingerprint density at radius 1 is 1.25 bits per heavy atom. The van der Waals surface area contributed by atoms with Crippen LogP contribution in [0.15, 0.2) is 29.2 Å². The fraction of sp³-hybridized carbons (Fsp3) is 0.333. The highest BCUT2D eigenvalue weighted by Gasteiger charge is 2.16. The van der Waals surface area contributed by atoms with Crippen molar-refractivity contribution in [3.63, 3.8) is 0 Å². The Morgan fingerprint density at radius 2 is 1.92 bits per heavy atom. The zero-order valence-corrected chi connectivity index (χ0v) is 13.9. The van der Waals surface area contributed by atoms with Crippen LogP contribution in [0.25, 0.3) is 0 Å². The van der Waals surface area contributed by atoms with Gasteiger partial charge >= 0.3 is 5.97 Å². The molecule has 8 nitrogen and oxygen atoms in total. The van der Waals surface area contributed by atoms with Crippen molar-refractivity contribution in [3.8, 4) is 18.1 Å². The molecule has 1 rings (SSSR count). The molecule has 0 bridgehead atoms. The lowest BCUT2D eigenvalue weighted by Gasteiger charge is -2.08.